The largest absolute Gasteiger partial charge is 0.494 e. The molecule has 0 bridgehead atoms. The van der Waals surface area contributed by atoms with Crippen LogP contribution in [0.15, 0.2) is 102 Å². The quantitative estimate of drug-likeness (QED) is 0.171. The molecule has 0 spiro atoms. The summed E-state index contributed by atoms with van der Waals surface area (Å²) in [6.45, 7) is 2.58. The fraction of sp³-hybridized carbons (Fsp3) is 0.133. The van der Waals surface area contributed by atoms with Crippen LogP contribution in [0.5, 0.6) is 17.2 Å². The molecule has 0 atom stereocenters. The van der Waals surface area contributed by atoms with E-state index in [-0.39, 0.29) is 27.8 Å². The minimum absolute atomic E-state index is 0.0357. The zero-order valence-electron chi connectivity index (χ0n) is 21.7. The molecule has 40 heavy (non-hydrogen) atoms. The summed E-state index contributed by atoms with van der Waals surface area (Å²) in [6, 6.07) is 25.2. The number of nitrogens with one attached hydrogen (secondary N) is 2. The van der Waals surface area contributed by atoms with Crippen molar-refractivity contribution in [2.24, 2.45) is 0 Å². The maximum absolute atomic E-state index is 12.9. The van der Waals surface area contributed by atoms with Crippen LogP contribution >= 0.6 is 0 Å². The van der Waals surface area contributed by atoms with Gasteiger partial charge in [0.25, 0.3) is 15.9 Å². The first-order valence-corrected chi connectivity index (χ1v) is 14.0. The van der Waals surface area contributed by atoms with E-state index in [0.717, 1.165) is 12.8 Å². The molecule has 9 nitrogen and oxygen atoms in total. The van der Waals surface area contributed by atoms with E-state index in [0.29, 0.717) is 29.4 Å². The number of amides is 1. The molecule has 0 heterocycles. The molecule has 0 saturated carbocycles. The van der Waals surface area contributed by atoms with E-state index in [4.69, 9.17) is 9.47 Å². The van der Waals surface area contributed by atoms with E-state index in [1.165, 1.54) is 30.3 Å². The van der Waals surface area contributed by atoms with Crippen LogP contribution in [0, 0.1) is 0 Å². The fourth-order valence-electron chi connectivity index (χ4n) is 3.64. The number of carbonyl (C=O) groups is 2. The SMILES string of the molecule is CCCCOc1ccc(S(=O)(=O)Nc2ccc(Oc3ccc(NC(=O)c4ccccc4)cc3)cc2C(=O)O)cc1. The van der Waals surface area contributed by atoms with Crippen LogP contribution in [0.25, 0.3) is 0 Å². The number of carbonyl (C=O) groups excluding carboxylic acids is 1. The lowest BCUT2D eigenvalue weighted by molar-refractivity contribution is 0.0697. The normalized spacial score (nSPS) is 10.9. The van der Waals surface area contributed by atoms with Crippen LogP contribution in [0.4, 0.5) is 11.4 Å². The second kappa shape index (κ2) is 12.8. The molecule has 10 heteroatoms. The predicted octanol–water partition coefficient (Wildman–Crippen LogP) is 6.41. The molecule has 4 aromatic carbocycles. The van der Waals surface area contributed by atoms with Crippen molar-refractivity contribution in [3.63, 3.8) is 0 Å². The van der Waals surface area contributed by atoms with E-state index in [1.807, 2.05) is 13.0 Å². The zero-order valence-corrected chi connectivity index (χ0v) is 22.5. The molecule has 0 saturated heterocycles. The van der Waals surface area contributed by atoms with Crippen LogP contribution in [0.3, 0.4) is 0 Å². The van der Waals surface area contributed by atoms with Gasteiger partial charge in [0.15, 0.2) is 0 Å². The highest BCUT2D eigenvalue weighted by atomic mass is 32.2. The second-order valence-corrected chi connectivity index (χ2v) is 10.4. The van der Waals surface area contributed by atoms with Crippen LogP contribution in [-0.4, -0.2) is 32.0 Å². The molecule has 0 radical (unpaired) electrons. The van der Waals surface area contributed by atoms with Gasteiger partial charge in [-0.25, -0.2) is 13.2 Å². The molecule has 3 N–H and O–H groups in total. The third kappa shape index (κ3) is 7.39. The first-order chi connectivity index (χ1) is 19.2. The highest BCUT2D eigenvalue weighted by Crippen LogP contribution is 2.29. The van der Waals surface area contributed by atoms with E-state index >= 15 is 0 Å². The topological polar surface area (TPSA) is 131 Å². The summed E-state index contributed by atoms with van der Waals surface area (Å²) in [6.07, 6.45) is 1.87. The van der Waals surface area contributed by atoms with Crippen LogP contribution in [0.1, 0.15) is 40.5 Å². The van der Waals surface area contributed by atoms with E-state index in [1.54, 1.807) is 60.7 Å². The zero-order chi connectivity index (χ0) is 28.5. The molecule has 4 aromatic rings. The van der Waals surface area contributed by atoms with Crippen molar-refractivity contribution in [1.29, 1.82) is 0 Å². The van der Waals surface area contributed by atoms with Crippen molar-refractivity contribution in [2.75, 3.05) is 16.6 Å². The number of carboxylic acids is 1. The van der Waals surface area contributed by atoms with Gasteiger partial charge < -0.3 is 19.9 Å². The van der Waals surface area contributed by atoms with Crippen molar-refractivity contribution in [1.82, 2.24) is 0 Å². The summed E-state index contributed by atoms with van der Waals surface area (Å²) in [5.74, 6) is -0.457. The summed E-state index contributed by atoms with van der Waals surface area (Å²) < 4.78 is 39.5. The van der Waals surface area contributed by atoms with Gasteiger partial charge in [-0.3, -0.25) is 9.52 Å². The van der Waals surface area contributed by atoms with Gasteiger partial charge in [-0.15, -0.1) is 0 Å². The fourth-order valence-corrected chi connectivity index (χ4v) is 4.72. The minimum Gasteiger partial charge on any atom is -0.494 e. The first-order valence-electron chi connectivity index (χ1n) is 12.5. The number of unbranched alkanes of at least 4 members (excludes halogenated alkanes) is 1. The lowest BCUT2D eigenvalue weighted by atomic mass is 10.1. The molecule has 0 aromatic heterocycles. The van der Waals surface area contributed by atoms with E-state index in [9.17, 15) is 23.1 Å². The molecule has 1 amide bonds. The van der Waals surface area contributed by atoms with Crippen molar-refractivity contribution in [3.8, 4) is 17.2 Å². The molecular formula is C30H28N2O7S. The number of aromatic carboxylic acids is 1. The number of anilines is 2. The Morgan fingerprint density at radius 2 is 1.48 bits per heavy atom. The number of sulfonamides is 1. The number of benzene rings is 4. The maximum atomic E-state index is 12.9. The monoisotopic (exact) mass is 560 g/mol. The highest BCUT2D eigenvalue weighted by molar-refractivity contribution is 7.92. The van der Waals surface area contributed by atoms with Gasteiger partial charge in [0.05, 0.1) is 22.8 Å². The number of hydrogen-bond acceptors (Lipinski definition) is 6. The van der Waals surface area contributed by atoms with E-state index < -0.39 is 16.0 Å². The van der Waals surface area contributed by atoms with Gasteiger partial charge in [-0.05, 0) is 85.3 Å². The highest BCUT2D eigenvalue weighted by Gasteiger charge is 2.20. The molecule has 0 fully saturated rings. The number of rotatable bonds is 12. The summed E-state index contributed by atoms with van der Waals surface area (Å²) in [5, 5.41) is 12.5. The van der Waals surface area contributed by atoms with Crippen LogP contribution in [-0.2, 0) is 10.0 Å². The lowest BCUT2D eigenvalue weighted by Crippen LogP contribution is -2.15. The Labute approximate surface area is 232 Å². The standard InChI is InChI=1S/C30H28N2O7S/c1-2-3-19-38-23-13-16-26(17-14-23)40(36,37)32-28-18-15-25(20-27(28)30(34)35)39-24-11-9-22(10-12-24)31-29(33)21-7-5-4-6-8-21/h4-18,20,32H,2-3,19H2,1H3,(H,31,33)(H,34,35). The van der Waals surface area contributed by atoms with Crippen LogP contribution in [0.2, 0.25) is 0 Å². The Morgan fingerprint density at radius 3 is 2.12 bits per heavy atom. The summed E-state index contributed by atoms with van der Waals surface area (Å²) >= 11 is 0. The summed E-state index contributed by atoms with van der Waals surface area (Å²) in [5.41, 5.74) is 0.681. The average molecular weight is 561 g/mol. The van der Waals surface area contributed by atoms with Gasteiger partial charge >= 0.3 is 5.97 Å². The second-order valence-electron chi connectivity index (χ2n) is 8.74. The number of ether oxygens (including phenoxy) is 2. The van der Waals surface area contributed by atoms with Crippen molar-refractivity contribution in [3.05, 3.63) is 108 Å². The molecular weight excluding hydrogens is 532 g/mol. The number of carboxylic acid groups (broad SMARTS) is 1. The van der Waals surface area contributed by atoms with Crippen LogP contribution < -0.4 is 19.5 Å². The van der Waals surface area contributed by atoms with Crippen molar-refractivity contribution >= 4 is 33.3 Å². The van der Waals surface area contributed by atoms with Gasteiger partial charge in [0, 0.05) is 11.3 Å². The molecule has 4 rings (SSSR count). The van der Waals surface area contributed by atoms with E-state index in [2.05, 4.69) is 10.0 Å². The van der Waals surface area contributed by atoms with Crippen molar-refractivity contribution in [2.45, 2.75) is 24.7 Å². The van der Waals surface area contributed by atoms with Gasteiger partial charge in [0.2, 0.25) is 0 Å². The molecule has 0 aliphatic heterocycles. The Kier molecular flexibility index (Phi) is 9.03. The van der Waals surface area contributed by atoms with Gasteiger partial charge in [-0.2, -0.15) is 0 Å². The molecule has 0 aliphatic rings. The summed E-state index contributed by atoms with van der Waals surface area (Å²) in [4.78, 5) is 24.2. The van der Waals surface area contributed by atoms with Crippen molar-refractivity contribution < 1.29 is 32.6 Å². The molecule has 0 aliphatic carbocycles. The number of hydrogen-bond donors (Lipinski definition) is 3. The Balaban J connectivity index is 1.44. The minimum atomic E-state index is -4.06. The Hall–Kier alpha value is -4.83. The maximum Gasteiger partial charge on any atom is 0.337 e. The third-order valence-corrected chi connectivity index (χ3v) is 7.13. The third-order valence-electron chi connectivity index (χ3n) is 5.75. The molecule has 206 valence electrons. The first kappa shape index (κ1) is 28.2. The smallest absolute Gasteiger partial charge is 0.337 e. The lowest BCUT2D eigenvalue weighted by Gasteiger charge is -2.13. The Morgan fingerprint density at radius 1 is 0.825 bits per heavy atom. The summed E-state index contributed by atoms with van der Waals surface area (Å²) in [7, 11) is -4.06. The predicted molar refractivity (Wildman–Crippen MR) is 152 cm³/mol. The Bertz CT molecular complexity index is 1570. The average Bonchev–Trinajstić information content (AvgIpc) is 2.95. The molecule has 0 unspecified atom stereocenters. The van der Waals surface area contributed by atoms with Gasteiger partial charge in [0.1, 0.15) is 17.2 Å². The van der Waals surface area contributed by atoms with Gasteiger partial charge in [-0.1, -0.05) is 31.5 Å².